The average Bonchev–Trinajstić information content (AvgIpc) is 3.71. The van der Waals surface area contributed by atoms with E-state index in [0.717, 1.165) is 102 Å². The highest BCUT2D eigenvalue weighted by Gasteiger charge is 2.30. The topological polar surface area (TPSA) is 237 Å². The van der Waals surface area contributed by atoms with E-state index in [2.05, 4.69) is 34.6 Å². The van der Waals surface area contributed by atoms with Crippen LogP contribution in [-0.2, 0) is 65.4 Å². The molecule has 0 aromatic carbocycles. The van der Waals surface area contributed by atoms with E-state index in [9.17, 15) is 43.2 Å². The lowest BCUT2D eigenvalue weighted by Gasteiger charge is -2.21. The molecule has 19 heteroatoms. The molecule has 0 heterocycles. The number of unbranched alkanes of at least 4 members (excludes halogenated alkanes) is 43. The summed E-state index contributed by atoms with van der Waals surface area (Å²) in [6, 6.07) is 0. The number of ether oxygens (including phenoxy) is 4. The summed E-state index contributed by atoms with van der Waals surface area (Å²) in [6.07, 6.45) is 51.3. The van der Waals surface area contributed by atoms with Gasteiger partial charge in [-0.25, -0.2) is 9.13 Å². The Morgan fingerprint density at radius 2 is 0.511 bits per heavy atom. The molecule has 0 amide bonds. The van der Waals surface area contributed by atoms with Crippen LogP contribution in [0.5, 0.6) is 0 Å². The monoisotopic (exact) mass is 1320 g/mol. The Morgan fingerprint density at radius 3 is 0.756 bits per heavy atom. The molecule has 2 unspecified atom stereocenters. The third-order valence-electron chi connectivity index (χ3n) is 16.5. The lowest BCUT2D eigenvalue weighted by Crippen LogP contribution is -2.30. The fraction of sp³-hybridized carbons (Fsp3) is 0.944. The molecule has 5 atom stereocenters. The standard InChI is InChI=1S/C71H138O17P2/c1-6-9-12-15-18-21-23-25-26-27-28-32-37-42-47-52-57-71(76)88-67(61-82-69(74)55-50-45-40-35-33-29-30-34-38-43-48-53-64(4)5)63-86-90(79,80)84-59-65(72)58-83-89(77,78)85-62-66(60-81-68(73)54-49-44-39-20-17-14-11-8-3)87-70(75)56-51-46-41-36-31-24-22-19-16-13-10-7-2/h64-67,72H,6-63H2,1-5H3,(H,77,78)(H,79,80)/t65-,66+,67+/m0/s1. The van der Waals surface area contributed by atoms with Gasteiger partial charge in [0.1, 0.15) is 19.3 Å². The summed E-state index contributed by atoms with van der Waals surface area (Å²) < 4.78 is 68.3. The van der Waals surface area contributed by atoms with Gasteiger partial charge in [0, 0.05) is 25.7 Å². The van der Waals surface area contributed by atoms with Gasteiger partial charge in [0.25, 0.3) is 0 Å². The van der Waals surface area contributed by atoms with Crippen molar-refractivity contribution >= 4 is 39.5 Å². The summed E-state index contributed by atoms with van der Waals surface area (Å²) in [4.78, 5) is 72.5. The minimum atomic E-state index is -4.95. The molecule has 0 aromatic heterocycles. The predicted octanol–water partition coefficient (Wildman–Crippen LogP) is 20.5. The molecule has 0 aliphatic heterocycles. The van der Waals surface area contributed by atoms with Crippen LogP contribution < -0.4 is 0 Å². The van der Waals surface area contributed by atoms with Gasteiger partial charge in [-0.15, -0.1) is 0 Å². The maximum absolute atomic E-state index is 13.0. The molecule has 0 saturated carbocycles. The van der Waals surface area contributed by atoms with E-state index in [4.69, 9.17) is 37.0 Å². The molecule has 0 aromatic rings. The maximum Gasteiger partial charge on any atom is 0.472 e. The van der Waals surface area contributed by atoms with Crippen LogP contribution in [0.1, 0.15) is 369 Å². The summed E-state index contributed by atoms with van der Waals surface area (Å²) in [7, 11) is -9.90. The first-order chi connectivity index (χ1) is 43.5. The Hall–Kier alpha value is -1.94. The van der Waals surface area contributed by atoms with Gasteiger partial charge in [-0.05, 0) is 31.6 Å². The molecule has 0 aliphatic carbocycles. The predicted molar refractivity (Wildman–Crippen MR) is 363 cm³/mol. The first-order valence-corrected chi connectivity index (χ1v) is 40.1. The molecule has 0 aliphatic rings. The Labute approximate surface area is 549 Å². The van der Waals surface area contributed by atoms with Gasteiger partial charge in [0.15, 0.2) is 12.2 Å². The number of phosphoric acid groups is 2. The quantitative estimate of drug-likeness (QED) is 0.0222. The van der Waals surface area contributed by atoms with Crippen molar-refractivity contribution in [3.8, 4) is 0 Å². The minimum absolute atomic E-state index is 0.107. The summed E-state index contributed by atoms with van der Waals surface area (Å²) in [5.41, 5.74) is 0. The average molecular weight is 1330 g/mol. The lowest BCUT2D eigenvalue weighted by atomic mass is 10.0. The first-order valence-electron chi connectivity index (χ1n) is 37.1. The molecule has 0 fully saturated rings. The van der Waals surface area contributed by atoms with E-state index in [-0.39, 0.29) is 25.7 Å². The highest BCUT2D eigenvalue weighted by atomic mass is 31.2. The molecule has 17 nitrogen and oxygen atoms in total. The number of aliphatic hydroxyl groups is 1. The number of aliphatic hydroxyl groups excluding tert-OH is 1. The Kier molecular flexibility index (Phi) is 63.0. The van der Waals surface area contributed by atoms with E-state index < -0.39 is 97.5 Å². The molecule has 0 spiro atoms. The second-order valence-electron chi connectivity index (χ2n) is 26.1. The van der Waals surface area contributed by atoms with Crippen LogP contribution >= 0.6 is 15.6 Å². The molecule has 0 bridgehead atoms. The van der Waals surface area contributed by atoms with Gasteiger partial charge in [0.2, 0.25) is 0 Å². The summed E-state index contributed by atoms with van der Waals surface area (Å²) in [5.74, 6) is -1.35. The largest absolute Gasteiger partial charge is 0.472 e. The molecule has 0 saturated heterocycles. The van der Waals surface area contributed by atoms with Crippen LogP contribution in [0.3, 0.4) is 0 Å². The van der Waals surface area contributed by atoms with Gasteiger partial charge in [-0.1, -0.05) is 317 Å². The fourth-order valence-corrected chi connectivity index (χ4v) is 12.4. The number of phosphoric ester groups is 2. The van der Waals surface area contributed by atoms with Crippen LogP contribution in [0.4, 0.5) is 0 Å². The van der Waals surface area contributed by atoms with Gasteiger partial charge in [-0.2, -0.15) is 0 Å². The molecule has 0 rings (SSSR count). The smallest absolute Gasteiger partial charge is 0.462 e. The lowest BCUT2D eigenvalue weighted by molar-refractivity contribution is -0.161. The number of carbonyl (C=O) groups is 4. The van der Waals surface area contributed by atoms with Crippen LogP contribution in [0, 0.1) is 5.92 Å². The van der Waals surface area contributed by atoms with Crippen LogP contribution in [0.25, 0.3) is 0 Å². The van der Waals surface area contributed by atoms with Crippen molar-refractivity contribution < 1.29 is 80.2 Å². The van der Waals surface area contributed by atoms with Crippen molar-refractivity contribution in [3.63, 3.8) is 0 Å². The van der Waals surface area contributed by atoms with Gasteiger partial charge in [0.05, 0.1) is 26.4 Å². The van der Waals surface area contributed by atoms with E-state index in [1.54, 1.807) is 0 Å². The summed E-state index contributed by atoms with van der Waals surface area (Å²) >= 11 is 0. The number of hydrogen-bond donors (Lipinski definition) is 3. The molecular weight excluding hydrogens is 1190 g/mol. The molecule has 534 valence electrons. The van der Waals surface area contributed by atoms with Gasteiger partial charge < -0.3 is 33.8 Å². The van der Waals surface area contributed by atoms with Crippen molar-refractivity contribution in [2.45, 2.75) is 387 Å². The van der Waals surface area contributed by atoms with Crippen molar-refractivity contribution in [1.82, 2.24) is 0 Å². The van der Waals surface area contributed by atoms with Gasteiger partial charge in [-0.3, -0.25) is 37.3 Å². The van der Waals surface area contributed by atoms with Crippen molar-refractivity contribution in [2.75, 3.05) is 39.6 Å². The normalized spacial score (nSPS) is 14.1. The zero-order chi connectivity index (χ0) is 66.3. The third-order valence-corrected chi connectivity index (χ3v) is 18.4. The molecule has 90 heavy (non-hydrogen) atoms. The van der Waals surface area contributed by atoms with E-state index in [0.29, 0.717) is 25.7 Å². The SMILES string of the molecule is CCCCCCCCCCCCCCCCCCC(=O)O[C@H](COC(=O)CCCCCCCCCCCCCC(C)C)COP(=O)(O)OC[C@@H](O)COP(=O)(O)OC[C@@H](COC(=O)CCCCCCCCCC)OC(=O)CCCCCCCCCCCCCC. The molecule has 3 N–H and O–H groups in total. The fourth-order valence-electron chi connectivity index (χ4n) is 10.8. The van der Waals surface area contributed by atoms with E-state index in [1.165, 1.54) is 186 Å². The highest BCUT2D eigenvalue weighted by molar-refractivity contribution is 7.47. The number of rotatable bonds is 71. The van der Waals surface area contributed by atoms with Crippen molar-refractivity contribution in [1.29, 1.82) is 0 Å². The second kappa shape index (κ2) is 64.4. The minimum Gasteiger partial charge on any atom is -0.462 e. The third kappa shape index (κ3) is 64.8. The van der Waals surface area contributed by atoms with Crippen molar-refractivity contribution in [3.05, 3.63) is 0 Å². The zero-order valence-corrected chi connectivity index (χ0v) is 60.1. The van der Waals surface area contributed by atoms with Crippen LogP contribution in [0.2, 0.25) is 0 Å². The Bertz CT molecular complexity index is 1740. The Morgan fingerprint density at radius 1 is 0.300 bits per heavy atom. The first kappa shape index (κ1) is 88.1. The second-order valence-corrected chi connectivity index (χ2v) is 29.0. The molecular formula is C71H138O17P2. The molecule has 0 radical (unpaired) electrons. The van der Waals surface area contributed by atoms with Crippen molar-refractivity contribution in [2.24, 2.45) is 5.92 Å². The Balaban J connectivity index is 5.22. The number of esters is 4. The number of carbonyl (C=O) groups excluding carboxylic acids is 4. The number of hydrogen-bond acceptors (Lipinski definition) is 15. The van der Waals surface area contributed by atoms with E-state index in [1.807, 2.05) is 0 Å². The highest BCUT2D eigenvalue weighted by Crippen LogP contribution is 2.45. The zero-order valence-electron chi connectivity index (χ0n) is 58.3. The van der Waals surface area contributed by atoms with Gasteiger partial charge >= 0.3 is 39.5 Å². The van der Waals surface area contributed by atoms with Crippen LogP contribution in [0.15, 0.2) is 0 Å². The summed E-state index contributed by atoms with van der Waals surface area (Å²) in [5, 5.41) is 10.6. The van der Waals surface area contributed by atoms with Crippen LogP contribution in [-0.4, -0.2) is 96.7 Å². The maximum atomic E-state index is 13.0. The summed E-state index contributed by atoms with van der Waals surface area (Å²) in [6.45, 7) is 7.24. The van der Waals surface area contributed by atoms with E-state index >= 15 is 0 Å².